The molecule has 4 bridgehead atoms. The number of aliphatic hydroxyl groups is 1. The van der Waals surface area contributed by atoms with Gasteiger partial charge in [0, 0.05) is 0 Å². The van der Waals surface area contributed by atoms with Crippen LogP contribution >= 0.6 is 0 Å². The molecule has 0 radical (unpaired) electrons. The van der Waals surface area contributed by atoms with Crippen molar-refractivity contribution in [2.75, 3.05) is 0 Å². The average Bonchev–Trinajstić information content (AvgIpc) is 2.43. The summed E-state index contributed by atoms with van der Waals surface area (Å²) in [4.78, 5) is 0. The Labute approximate surface area is 128 Å². The zero-order chi connectivity index (χ0) is 14.5. The average molecular weight is 284 g/mol. The maximum atomic E-state index is 11.0. The summed E-state index contributed by atoms with van der Waals surface area (Å²) in [5.41, 5.74) is 2.17. The smallest absolute Gasteiger partial charge is 0.0600 e. The number of aliphatic hydroxyl groups excluding tert-OH is 1. The molecule has 1 aromatic rings. The van der Waals surface area contributed by atoms with E-state index in [0.717, 1.165) is 24.7 Å². The Kier molecular flexibility index (Phi) is 3.19. The summed E-state index contributed by atoms with van der Waals surface area (Å²) in [6.07, 6.45) is 10.1. The van der Waals surface area contributed by atoms with E-state index in [1.807, 2.05) is 0 Å². The normalized spacial score (nSPS) is 42.2. The Morgan fingerprint density at radius 3 is 2.38 bits per heavy atom. The van der Waals surface area contributed by atoms with Crippen LogP contribution in [-0.4, -0.2) is 11.2 Å². The van der Waals surface area contributed by atoms with Gasteiger partial charge in [-0.15, -0.1) is 0 Å². The lowest BCUT2D eigenvalue weighted by molar-refractivity contribution is -0.154. The minimum Gasteiger partial charge on any atom is -0.393 e. The largest absolute Gasteiger partial charge is 0.393 e. The summed E-state index contributed by atoms with van der Waals surface area (Å²) in [7, 11) is 0. The second-order valence-corrected chi connectivity index (χ2v) is 8.67. The van der Waals surface area contributed by atoms with Gasteiger partial charge in [-0.2, -0.15) is 0 Å². The molecule has 4 aliphatic rings. The maximum absolute atomic E-state index is 11.0. The summed E-state index contributed by atoms with van der Waals surface area (Å²) in [6.45, 7) is 2.49. The second-order valence-electron chi connectivity index (χ2n) is 8.67. The summed E-state index contributed by atoms with van der Waals surface area (Å²) in [6, 6.07) is 10.7. The van der Waals surface area contributed by atoms with Gasteiger partial charge in [-0.25, -0.2) is 0 Å². The minimum absolute atomic E-state index is 0.0945. The van der Waals surface area contributed by atoms with E-state index in [-0.39, 0.29) is 11.5 Å². The van der Waals surface area contributed by atoms with Gasteiger partial charge in [-0.05, 0) is 79.6 Å². The third-order valence-corrected chi connectivity index (χ3v) is 6.66. The fourth-order valence-corrected chi connectivity index (χ4v) is 6.44. The van der Waals surface area contributed by atoms with Crippen LogP contribution in [0.4, 0.5) is 0 Å². The molecule has 1 aromatic carbocycles. The van der Waals surface area contributed by atoms with Gasteiger partial charge in [0.1, 0.15) is 0 Å². The molecule has 4 aliphatic carbocycles. The highest BCUT2D eigenvalue weighted by Gasteiger charge is 2.57. The molecule has 0 saturated heterocycles. The van der Waals surface area contributed by atoms with E-state index in [4.69, 9.17) is 0 Å². The Morgan fingerprint density at radius 1 is 1.10 bits per heavy atom. The van der Waals surface area contributed by atoms with Crippen molar-refractivity contribution in [3.8, 4) is 0 Å². The molecule has 114 valence electrons. The van der Waals surface area contributed by atoms with E-state index in [0.29, 0.717) is 5.41 Å². The number of benzene rings is 1. The van der Waals surface area contributed by atoms with Crippen molar-refractivity contribution in [1.29, 1.82) is 0 Å². The van der Waals surface area contributed by atoms with E-state index < -0.39 is 0 Å². The van der Waals surface area contributed by atoms with Gasteiger partial charge >= 0.3 is 0 Å². The van der Waals surface area contributed by atoms with Crippen LogP contribution in [0, 0.1) is 22.7 Å². The summed E-state index contributed by atoms with van der Waals surface area (Å²) < 4.78 is 0. The lowest BCUT2D eigenvalue weighted by Crippen LogP contribution is -2.55. The fraction of sp³-hybridized carbons (Fsp3) is 0.700. The summed E-state index contributed by atoms with van der Waals surface area (Å²) in [5.74, 6) is 1.81. The van der Waals surface area contributed by atoms with Crippen LogP contribution < -0.4 is 0 Å². The number of hydrogen-bond donors (Lipinski definition) is 1. The van der Waals surface area contributed by atoms with Crippen molar-refractivity contribution >= 4 is 0 Å². The topological polar surface area (TPSA) is 20.2 Å². The first-order valence-electron chi connectivity index (χ1n) is 8.79. The molecule has 0 heterocycles. The van der Waals surface area contributed by atoms with Crippen LogP contribution in [-0.2, 0) is 6.42 Å². The Bertz CT molecular complexity index is 492. The first-order chi connectivity index (χ1) is 10.1. The third kappa shape index (κ3) is 2.44. The van der Waals surface area contributed by atoms with Gasteiger partial charge in [0.05, 0.1) is 6.10 Å². The standard InChI is InChI=1S/C20H28O/c1-19-10-16-9-17(11-19)13-20(12-16,14-19)18(21)8-7-15-5-3-2-4-6-15/h2-6,16-18,21H,7-14H2,1H3. The fourth-order valence-electron chi connectivity index (χ4n) is 6.44. The van der Waals surface area contributed by atoms with E-state index in [2.05, 4.69) is 37.3 Å². The van der Waals surface area contributed by atoms with Crippen molar-refractivity contribution in [2.24, 2.45) is 22.7 Å². The van der Waals surface area contributed by atoms with Gasteiger partial charge in [0.15, 0.2) is 0 Å². The number of rotatable bonds is 4. The second kappa shape index (κ2) is 4.84. The third-order valence-electron chi connectivity index (χ3n) is 6.66. The Balaban J connectivity index is 1.48. The monoisotopic (exact) mass is 284 g/mol. The molecular formula is C20H28O. The van der Waals surface area contributed by atoms with Crippen molar-refractivity contribution in [2.45, 2.75) is 64.4 Å². The Hall–Kier alpha value is -0.820. The van der Waals surface area contributed by atoms with Gasteiger partial charge in [-0.1, -0.05) is 37.3 Å². The Morgan fingerprint density at radius 2 is 1.76 bits per heavy atom. The first kappa shape index (κ1) is 13.8. The van der Waals surface area contributed by atoms with Crippen LogP contribution in [0.5, 0.6) is 0 Å². The van der Waals surface area contributed by atoms with Crippen LogP contribution in [0.2, 0.25) is 0 Å². The predicted octanol–water partition coefficient (Wildman–Crippen LogP) is 4.59. The molecule has 0 aliphatic heterocycles. The molecule has 1 nitrogen and oxygen atoms in total. The molecule has 1 heteroatoms. The number of aryl methyl sites for hydroxylation is 1. The van der Waals surface area contributed by atoms with Gasteiger partial charge < -0.3 is 5.11 Å². The predicted molar refractivity (Wildman–Crippen MR) is 86.0 cm³/mol. The van der Waals surface area contributed by atoms with Crippen LogP contribution in [0.3, 0.4) is 0 Å². The molecule has 4 fully saturated rings. The zero-order valence-electron chi connectivity index (χ0n) is 13.2. The highest BCUT2D eigenvalue weighted by Crippen LogP contribution is 2.66. The SMILES string of the molecule is CC12CC3CC(C1)CC(C(O)CCc1ccccc1)(C3)C2. The molecule has 3 atom stereocenters. The van der Waals surface area contributed by atoms with Crippen molar-refractivity contribution < 1.29 is 5.11 Å². The molecule has 0 amide bonds. The molecule has 5 rings (SSSR count). The van der Waals surface area contributed by atoms with E-state index in [1.54, 1.807) is 0 Å². The van der Waals surface area contributed by atoms with Crippen LogP contribution in [0.15, 0.2) is 30.3 Å². The molecule has 0 aromatic heterocycles. The maximum Gasteiger partial charge on any atom is 0.0600 e. The minimum atomic E-state index is -0.0945. The molecular weight excluding hydrogens is 256 g/mol. The van der Waals surface area contributed by atoms with E-state index in [9.17, 15) is 5.11 Å². The highest BCUT2D eigenvalue weighted by molar-refractivity contribution is 5.15. The summed E-state index contributed by atoms with van der Waals surface area (Å²) in [5, 5.41) is 11.0. The van der Waals surface area contributed by atoms with Gasteiger partial charge in [-0.3, -0.25) is 0 Å². The van der Waals surface area contributed by atoms with Gasteiger partial charge in [0.2, 0.25) is 0 Å². The first-order valence-corrected chi connectivity index (χ1v) is 8.79. The van der Waals surface area contributed by atoms with E-state index in [1.165, 1.54) is 44.1 Å². The molecule has 4 saturated carbocycles. The summed E-state index contributed by atoms with van der Waals surface area (Å²) >= 11 is 0. The van der Waals surface area contributed by atoms with Crippen LogP contribution in [0.1, 0.15) is 57.4 Å². The lowest BCUT2D eigenvalue weighted by Gasteiger charge is -2.62. The highest BCUT2D eigenvalue weighted by atomic mass is 16.3. The lowest BCUT2D eigenvalue weighted by atomic mass is 9.43. The van der Waals surface area contributed by atoms with Crippen LogP contribution in [0.25, 0.3) is 0 Å². The molecule has 3 unspecified atom stereocenters. The van der Waals surface area contributed by atoms with Crippen molar-refractivity contribution in [3.63, 3.8) is 0 Å². The number of hydrogen-bond acceptors (Lipinski definition) is 1. The molecule has 0 spiro atoms. The van der Waals surface area contributed by atoms with E-state index >= 15 is 0 Å². The van der Waals surface area contributed by atoms with Gasteiger partial charge in [0.25, 0.3) is 0 Å². The van der Waals surface area contributed by atoms with Crippen molar-refractivity contribution in [3.05, 3.63) is 35.9 Å². The quantitative estimate of drug-likeness (QED) is 0.857. The zero-order valence-corrected chi connectivity index (χ0v) is 13.2. The van der Waals surface area contributed by atoms with Crippen molar-refractivity contribution in [1.82, 2.24) is 0 Å². The molecule has 1 N–H and O–H groups in total. The molecule has 21 heavy (non-hydrogen) atoms.